The third-order valence-electron chi connectivity index (χ3n) is 4.54. The summed E-state index contributed by atoms with van der Waals surface area (Å²) in [5, 5.41) is 6.55. The molecule has 1 aliphatic rings. The summed E-state index contributed by atoms with van der Waals surface area (Å²) in [5.74, 6) is -5.47. The molecule has 1 saturated carbocycles. The molecule has 0 heterocycles. The molecule has 5 nitrogen and oxygen atoms in total. The van der Waals surface area contributed by atoms with E-state index in [0.717, 1.165) is 25.0 Å². The van der Waals surface area contributed by atoms with Crippen molar-refractivity contribution in [3.8, 4) is 0 Å². The number of hydrogen-bond donors (Lipinski definition) is 3. The smallest absolute Gasteiger partial charge is 0.275 e. The van der Waals surface area contributed by atoms with Crippen molar-refractivity contribution in [1.29, 1.82) is 0 Å². The zero-order chi connectivity index (χ0) is 18.9. The van der Waals surface area contributed by atoms with Gasteiger partial charge in [0.25, 0.3) is 5.91 Å². The number of hydrogen-bond acceptors (Lipinski definition) is 2. The molecule has 8 heteroatoms. The van der Waals surface area contributed by atoms with E-state index in [-0.39, 0.29) is 19.0 Å². The summed E-state index contributed by atoms with van der Waals surface area (Å²) in [6, 6.07) is 2.07. The van der Waals surface area contributed by atoms with Crippen molar-refractivity contribution >= 4 is 17.5 Å². The second-order valence-corrected chi connectivity index (χ2v) is 6.59. The van der Waals surface area contributed by atoms with E-state index in [4.69, 9.17) is 0 Å². The number of nitrogens with one attached hydrogen (secondary N) is 2. The predicted octanol–water partition coefficient (Wildman–Crippen LogP) is 1.83. The van der Waals surface area contributed by atoms with Gasteiger partial charge in [0.1, 0.15) is 0 Å². The van der Waals surface area contributed by atoms with E-state index in [1.54, 1.807) is 0 Å². The Kier molecular flexibility index (Phi) is 7.90. The molecule has 1 aromatic carbocycles. The van der Waals surface area contributed by atoms with E-state index in [9.17, 15) is 22.8 Å². The van der Waals surface area contributed by atoms with Crippen LogP contribution in [0.1, 0.15) is 44.9 Å². The van der Waals surface area contributed by atoms with Gasteiger partial charge in [0.15, 0.2) is 24.0 Å². The Morgan fingerprint density at radius 2 is 1.62 bits per heavy atom. The molecular formula is C18H25F3N3O2+. The Morgan fingerprint density at radius 1 is 0.962 bits per heavy atom. The Labute approximate surface area is 150 Å². The summed E-state index contributed by atoms with van der Waals surface area (Å²) < 4.78 is 39.4. The number of rotatable bonds is 6. The molecular weight excluding hydrogens is 347 g/mol. The van der Waals surface area contributed by atoms with Gasteiger partial charge < -0.3 is 16.0 Å². The van der Waals surface area contributed by atoms with Crippen molar-refractivity contribution in [2.75, 3.05) is 18.4 Å². The van der Waals surface area contributed by atoms with Gasteiger partial charge in [-0.2, -0.15) is 0 Å². The lowest BCUT2D eigenvalue weighted by Crippen LogP contribution is -2.92. The topological polar surface area (TPSA) is 74.8 Å². The fourth-order valence-corrected chi connectivity index (χ4v) is 3.06. The van der Waals surface area contributed by atoms with Crippen LogP contribution in [0.5, 0.6) is 0 Å². The molecule has 0 aliphatic heterocycles. The molecule has 1 aromatic rings. The van der Waals surface area contributed by atoms with Crippen LogP contribution in [0.15, 0.2) is 12.1 Å². The second-order valence-electron chi connectivity index (χ2n) is 6.59. The van der Waals surface area contributed by atoms with Crippen LogP contribution in [0.4, 0.5) is 18.9 Å². The van der Waals surface area contributed by atoms with E-state index in [1.807, 2.05) is 5.32 Å². The first kappa shape index (κ1) is 20.2. The standard InChI is InChI=1S/C18H24F3N3O2/c19-13-8-9-14(18(21)17(13)20)24-16(26)11-23-15(25)10-22-12-6-4-2-1-3-5-7-12/h8-9,12,22H,1-7,10-11H2,(H,23,25)(H,24,26)/p+1. The molecule has 0 atom stereocenters. The number of halogens is 3. The van der Waals surface area contributed by atoms with Gasteiger partial charge in [-0.25, -0.2) is 13.2 Å². The molecule has 0 saturated heterocycles. The van der Waals surface area contributed by atoms with E-state index >= 15 is 0 Å². The summed E-state index contributed by atoms with van der Waals surface area (Å²) in [5.41, 5.74) is -0.468. The van der Waals surface area contributed by atoms with Crippen LogP contribution in [0.3, 0.4) is 0 Å². The monoisotopic (exact) mass is 372 g/mol. The zero-order valence-electron chi connectivity index (χ0n) is 14.6. The molecule has 0 spiro atoms. The first-order valence-corrected chi connectivity index (χ1v) is 9.00. The van der Waals surface area contributed by atoms with Crippen LogP contribution in [-0.4, -0.2) is 30.9 Å². The summed E-state index contributed by atoms with van der Waals surface area (Å²) in [4.78, 5) is 23.6. The molecule has 0 radical (unpaired) electrons. The molecule has 2 rings (SSSR count). The number of anilines is 1. The summed E-state index contributed by atoms with van der Waals surface area (Å²) in [7, 11) is 0. The molecule has 144 valence electrons. The first-order valence-electron chi connectivity index (χ1n) is 9.00. The van der Waals surface area contributed by atoms with Crippen molar-refractivity contribution in [3.05, 3.63) is 29.6 Å². The highest BCUT2D eigenvalue weighted by atomic mass is 19.2. The van der Waals surface area contributed by atoms with E-state index in [0.29, 0.717) is 6.04 Å². The van der Waals surface area contributed by atoms with Gasteiger partial charge in [0.2, 0.25) is 5.91 Å². The van der Waals surface area contributed by atoms with Gasteiger partial charge in [-0.15, -0.1) is 0 Å². The molecule has 0 aromatic heterocycles. The maximum atomic E-state index is 13.5. The molecule has 1 aliphatic carbocycles. The predicted molar refractivity (Wildman–Crippen MR) is 90.9 cm³/mol. The third kappa shape index (κ3) is 6.33. The van der Waals surface area contributed by atoms with Gasteiger partial charge in [0, 0.05) is 0 Å². The fraction of sp³-hybridized carbons (Fsp3) is 0.556. The van der Waals surface area contributed by atoms with Gasteiger partial charge in [-0.05, 0) is 37.8 Å². The minimum atomic E-state index is -1.65. The van der Waals surface area contributed by atoms with E-state index in [1.165, 1.54) is 32.1 Å². The highest BCUT2D eigenvalue weighted by Gasteiger charge is 2.17. The van der Waals surface area contributed by atoms with Crippen molar-refractivity contribution in [2.24, 2.45) is 0 Å². The Hall–Kier alpha value is -2.09. The third-order valence-corrected chi connectivity index (χ3v) is 4.54. The zero-order valence-corrected chi connectivity index (χ0v) is 14.6. The minimum absolute atomic E-state index is 0.220. The molecule has 0 bridgehead atoms. The van der Waals surface area contributed by atoms with Gasteiger partial charge in [-0.1, -0.05) is 19.3 Å². The van der Waals surface area contributed by atoms with E-state index < -0.39 is 29.0 Å². The average molecular weight is 372 g/mol. The first-order chi connectivity index (χ1) is 12.5. The number of quaternary nitrogens is 1. The number of benzene rings is 1. The van der Waals surface area contributed by atoms with Crippen molar-refractivity contribution < 1.29 is 28.1 Å². The van der Waals surface area contributed by atoms with Gasteiger partial charge in [-0.3, -0.25) is 9.59 Å². The average Bonchev–Trinajstić information content (AvgIpc) is 2.59. The Morgan fingerprint density at radius 3 is 2.31 bits per heavy atom. The number of amides is 2. The number of carbonyl (C=O) groups excluding carboxylic acids is 2. The van der Waals surface area contributed by atoms with Crippen LogP contribution in [-0.2, 0) is 9.59 Å². The van der Waals surface area contributed by atoms with Gasteiger partial charge >= 0.3 is 0 Å². The van der Waals surface area contributed by atoms with Crippen LogP contribution in [0.2, 0.25) is 0 Å². The molecule has 4 N–H and O–H groups in total. The van der Waals surface area contributed by atoms with Crippen LogP contribution in [0.25, 0.3) is 0 Å². The number of nitrogens with two attached hydrogens (primary N) is 1. The highest BCUT2D eigenvalue weighted by molar-refractivity contribution is 5.94. The van der Waals surface area contributed by atoms with Crippen LogP contribution < -0.4 is 16.0 Å². The van der Waals surface area contributed by atoms with Crippen LogP contribution in [0, 0.1) is 17.5 Å². The molecule has 0 unspecified atom stereocenters. The summed E-state index contributed by atoms with van der Waals surface area (Å²) in [6.45, 7) is -0.146. The SMILES string of the molecule is O=C(C[NH2+]C1CCCCCCC1)NCC(=O)Nc1ccc(F)c(F)c1F. The van der Waals surface area contributed by atoms with E-state index in [2.05, 4.69) is 10.6 Å². The summed E-state index contributed by atoms with van der Waals surface area (Å²) in [6.07, 6.45) is 8.26. The second kappa shape index (κ2) is 10.2. The van der Waals surface area contributed by atoms with Crippen molar-refractivity contribution in [3.63, 3.8) is 0 Å². The molecule has 1 fully saturated rings. The Bertz CT molecular complexity index is 632. The minimum Gasteiger partial charge on any atom is -0.342 e. The normalized spacial score (nSPS) is 15.8. The van der Waals surface area contributed by atoms with Crippen molar-refractivity contribution in [1.82, 2.24) is 5.32 Å². The maximum absolute atomic E-state index is 13.5. The maximum Gasteiger partial charge on any atom is 0.275 e. The highest BCUT2D eigenvalue weighted by Crippen LogP contribution is 2.19. The Balaban J connectivity index is 1.71. The summed E-state index contributed by atoms with van der Waals surface area (Å²) >= 11 is 0. The van der Waals surface area contributed by atoms with Gasteiger partial charge in [0.05, 0.1) is 18.3 Å². The lowest BCUT2D eigenvalue weighted by molar-refractivity contribution is -0.680. The van der Waals surface area contributed by atoms with Crippen LogP contribution >= 0.6 is 0 Å². The lowest BCUT2D eigenvalue weighted by Gasteiger charge is -2.18. The fourth-order valence-electron chi connectivity index (χ4n) is 3.06. The van der Waals surface area contributed by atoms with Crippen molar-refractivity contribution in [2.45, 2.75) is 51.0 Å². The quantitative estimate of drug-likeness (QED) is 0.667. The number of carbonyl (C=O) groups is 2. The lowest BCUT2D eigenvalue weighted by atomic mass is 9.97. The largest absolute Gasteiger partial charge is 0.342 e. The molecule has 2 amide bonds. The molecule has 26 heavy (non-hydrogen) atoms.